The first-order valence-electron chi connectivity index (χ1n) is 10.1. The van der Waals surface area contributed by atoms with Crippen LogP contribution < -0.4 is 19.2 Å². The number of thioether (sulfide) groups is 1. The van der Waals surface area contributed by atoms with Crippen LogP contribution in [0.2, 0.25) is 0 Å². The number of ether oxygens (including phenoxy) is 2. The fraction of sp³-hybridized carbons (Fsp3) is 0.167. The molecule has 0 aromatic heterocycles. The summed E-state index contributed by atoms with van der Waals surface area (Å²) in [5.41, 5.74) is 3.35. The molecule has 1 amide bonds. The molecule has 178 valence electrons. The second-order valence-electron chi connectivity index (χ2n) is 6.93. The van der Waals surface area contributed by atoms with E-state index in [1.807, 2.05) is 30.5 Å². The van der Waals surface area contributed by atoms with Crippen molar-refractivity contribution in [2.75, 3.05) is 31.3 Å². The van der Waals surface area contributed by atoms with Crippen LogP contribution in [0, 0.1) is 0 Å². The number of hydrogen-bond acceptors (Lipinski definition) is 7. The second kappa shape index (κ2) is 11.6. The topological polar surface area (TPSA) is 97.3 Å². The number of anilines is 1. The number of hydrogen-bond donors (Lipinski definition) is 1. The third-order valence-corrected chi connectivity index (χ3v) is 7.31. The van der Waals surface area contributed by atoms with E-state index < -0.39 is 22.5 Å². The zero-order chi connectivity index (χ0) is 24.6. The molecule has 0 saturated heterocycles. The fourth-order valence-electron chi connectivity index (χ4n) is 3.05. The van der Waals surface area contributed by atoms with E-state index in [4.69, 9.17) is 9.47 Å². The first-order valence-corrected chi connectivity index (χ1v) is 12.8. The molecule has 3 rings (SSSR count). The molecule has 0 aliphatic carbocycles. The lowest BCUT2D eigenvalue weighted by atomic mass is 10.2. The van der Waals surface area contributed by atoms with Gasteiger partial charge in [0.05, 0.1) is 31.0 Å². The summed E-state index contributed by atoms with van der Waals surface area (Å²) in [5, 5.41) is 3.97. The molecule has 0 unspecified atom stereocenters. The van der Waals surface area contributed by atoms with Gasteiger partial charge in [0, 0.05) is 11.0 Å². The summed E-state index contributed by atoms with van der Waals surface area (Å²) >= 11 is 1.62. The summed E-state index contributed by atoms with van der Waals surface area (Å²) in [6.45, 7) is -0.524. The van der Waals surface area contributed by atoms with Crippen LogP contribution >= 0.6 is 11.8 Å². The van der Waals surface area contributed by atoms with Crippen molar-refractivity contribution < 1.29 is 22.7 Å². The maximum Gasteiger partial charge on any atom is 0.264 e. The summed E-state index contributed by atoms with van der Waals surface area (Å²) in [5.74, 6) is 0.0584. The van der Waals surface area contributed by atoms with Gasteiger partial charge in [0.2, 0.25) is 0 Å². The molecular weight excluding hydrogens is 474 g/mol. The fourth-order valence-corrected chi connectivity index (χ4v) is 4.90. The maximum absolute atomic E-state index is 13.5. The standard InChI is InChI=1S/C24H25N3O5S2/c1-31-19-11-14-23(32-2)22(15-19)27(34(29,30)21-7-5-4-6-8-21)17-24(28)26-25-16-18-9-12-20(33-3)13-10-18/h4-16H,17H2,1-3H3,(H,26,28)/b25-16+. The van der Waals surface area contributed by atoms with Crippen molar-refractivity contribution >= 4 is 39.6 Å². The van der Waals surface area contributed by atoms with Crippen molar-refractivity contribution in [1.82, 2.24) is 5.43 Å². The maximum atomic E-state index is 13.5. The van der Waals surface area contributed by atoms with E-state index >= 15 is 0 Å². The van der Waals surface area contributed by atoms with E-state index in [1.54, 1.807) is 42.1 Å². The van der Waals surface area contributed by atoms with Crippen molar-refractivity contribution in [1.29, 1.82) is 0 Å². The van der Waals surface area contributed by atoms with Crippen LogP contribution in [-0.2, 0) is 14.8 Å². The molecule has 0 aliphatic rings. The van der Waals surface area contributed by atoms with E-state index in [-0.39, 0.29) is 16.3 Å². The van der Waals surface area contributed by atoms with Crippen LogP contribution in [0.3, 0.4) is 0 Å². The van der Waals surface area contributed by atoms with Crippen LogP contribution in [-0.4, -0.2) is 47.6 Å². The molecule has 0 bridgehead atoms. The summed E-state index contributed by atoms with van der Waals surface area (Å²) in [6, 6.07) is 20.2. The summed E-state index contributed by atoms with van der Waals surface area (Å²) in [6.07, 6.45) is 3.47. The number of benzene rings is 3. The Morgan fingerprint density at radius 2 is 1.74 bits per heavy atom. The van der Waals surface area contributed by atoms with Crippen LogP contribution in [0.25, 0.3) is 0 Å². The average Bonchev–Trinajstić information content (AvgIpc) is 2.87. The predicted molar refractivity (Wildman–Crippen MR) is 134 cm³/mol. The van der Waals surface area contributed by atoms with Gasteiger partial charge in [0.1, 0.15) is 18.0 Å². The van der Waals surface area contributed by atoms with Gasteiger partial charge in [-0.1, -0.05) is 30.3 Å². The van der Waals surface area contributed by atoms with Gasteiger partial charge in [0.25, 0.3) is 15.9 Å². The number of hydrazone groups is 1. The molecule has 0 radical (unpaired) electrons. The molecule has 0 aliphatic heterocycles. The van der Waals surface area contributed by atoms with Gasteiger partial charge in [-0.05, 0) is 48.2 Å². The van der Waals surface area contributed by atoms with Crippen molar-refractivity contribution in [2.45, 2.75) is 9.79 Å². The molecule has 1 N–H and O–H groups in total. The molecule has 34 heavy (non-hydrogen) atoms. The van der Waals surface area contributed by atoms with Gasteiger partial charge in [-0.3, -0.25) is 9.10 Å². The Kier molecular flexibility index (Phi) is 8.55. The number of nitrogens with one attached hydrogen (secondary N) is 1. The molecular formula is C24H25N3O5S2. The SMILES string of the molecule is COc1ccc(OC)c(N(CC(=O)N/N=C/c2ccc(SC)cc2)S(=O)(=O)c2ccccc2)c1. The Balaban J connectivity index is 1.90. The number of nitrogens with zero attached hydrogens (tertiary/aromatic N) is 2. The molecule has 0 spiro atoms. The first kappa shape index (κ1) is 25.1. The lowest BCUT2D eigenvalue weighted by Gasteiger charge is -2.25. The minimum Gasteiger partial charge on any atom is -0.497 e. The lowest BCUT2D eigenvalue weighted by molar-refractivity contribution is -0.119. The third-order valence-electron chi connectivity index (χ3n) is 4.79. The zero-order valence-electron chi connectivity index (χ0n) is 19.0. The normalized spacial score (nSPS) is 11.3. The first-order chi connectivity index (χ1) is 16.4. The van der Waals surface area contributed by atoms with Gasteiger partial charge in [0.15, 0.2) is 0 Å². The van der Waals surface area contributed by atoms with Gasteiger partial charge < -0.3 is 9.47 Å². The third kappa shape index (κ3) is 6.09. The van der Waals surface area contributed by atoms with Crippen LogP contribution in [0.4, 0.5) is 5.69 Å². The van der Waals surface area contributed by atoms with Gasteiger partial charge in [-0.15, -0.1) is 11.8 Å². The molecule has 0 fully saturated rings. The predicted octanol–water partition coefficient (Wildman–Crippen LogP) is 3.77. The molecule has 0 heterocycles. The Morgan fingerprint density at radius 3 is 2.35 bits per heavy atom. The number of carbonyl (C=O) groups is 1. The van der Waals surface area contributed by atoms with Crippen LogP contribution in [0.15, 0.2) is 87.7 Å². The highest BCUT2D eigenvalue weighted by Crippen LogP contribution is 2.35. The van der Waals surface area contributed by atoms with Crippen molar-refractivity contribution in [2.24, 2.45) is 5.10 Å². The number of rotatable bonds is 10. The summed E-state index contributed by atoms with van der Waals surface area (Å²) in [7, 11) is -1.22. The smallest absolute Gasteiger partial charge is 0.264 e. The Bertz CT molecular complexity index is 1250. The second-order valence-corrected chi connectivity index (χ2v) is 9.67. The van der Waals surface area contributed by atoms with Crippen molar-refractivity contribution in [3.63, 3.8) is 0 Å². The Morgan fingerprint density at radius 1 is 1.03 bits per heavy atom. The zero-order valence-corrected chi connectivity index (χ0v) is 20.6. The number of methoxy groups -OCH3 is 2. The minimum absolute atomic E-state index is 0.0325. The monoisotopic (exact) mass is 499 g/mol. The van der Waals surface area contributed by atoms with E-state index in [2.05, 4.69) is 10.5 Å². The van der Waals surface area contributed by atoms with Crippen LogP contribution in [0.1, 0.15) is 5.56 Å². The van der Waals surface area contributed by atoms with Crippen molar-refractivity contribution in [3.8, 4) is 11.5 Å². The highest BCUT2D eigenvalue weighted by atomic mass is 32.2. The van der Waals surface area contributed by atoms with Gasteiger partial charge in [-0.2, -0.15) is 5.10 Å². The highest BCUT2D eigenvalue weighted by molar-refractivity contribution is 7.98. The van der Waals surface area contributed by atoms with Crippen LogP contribution in [0.5, 0.6) is 11.5 Å². The molecule has 0 atom stereocenters. The number of sulfonamides is 1. The largest absolute Gasteiger partial charge is 0.497 e. The quantitative estimate of drug-likeness (QED) is 0.259. The number of carbonyl (C=O) groups excluding carboxylic acids is 1. The van der Waals surface area contributed by atoms with Crippen molar-refractivity contribution in [3.05, 3.63) is 78.4 Å². The lowest BCUT2D eigenvalue weighted by Crippen LogP contribution is -2.39. The molecule has 0 saturated carbocycles. The van der Waals surface area contributed by atoms with Gasteiger partial charge in [-0.25, -0.2) is 13.8 Å². The Hall–Kier alpha value is -3.50. The summed E-state index contributed by atoms with van der Waals surface area (Å²) < 4.78 is 38.6. The van der Waals surface area contributed by atoms with E-state index in [0.717, 1.165) is 14.8 Å². The average molecular weight is 500 g/mol. The highest BCUT2D eigenvalue weighted by Gasteiger charge is 2.29. The van der Waals surface area contributed by atoms with E-state index in [0.29, 0.717) is 5.75 Å². The molecule has 3 aromatic rings. The van der Waals surface area contributed by atoms with E-state index in [9.17, 15) is 13.2 Å². The Labute approximate surface area is 203 Å². The van der Waals surface area contributed by atoms with E-state index in [1.165, 1.54) is 38.6 Å². The number of amides is 1. The molecule has 10 heteroatoms. The minimum atomic E-state index is -4.11. The van der Waals surface area contributed by atoms with Gasteiger partial charge >= 0.3 is 0 Å². The molecule has 3 aromatic carbocycles. The summed E-state index contributed by atoms with van der Waals surface area (Å²) in [4.78, 5) is 13.9. The molecule has 8 nitrogen and oxygen atoms in total.